The zero-order chi connectivity index (χ0) is 25.2. The van der Waals surface area contributed by atoms with Gasteiger partial charge in [0.25, 0.3) is 5.91 Å². The maximum absolute atomic E-state index is 12.9. The second-order valence-electron chi connectivity index (χ2n) is 9.46. The second-order valence-corrected chi connectivity index (χ2v) is 11.4. The zero-order valence-corrected chi connectivity index (χ0v) is 20.9. The fraction of sp³-hybridized carbons (Fsp3) is 0.423. The first-order chi connectivity index (χ1) is 16.7. The molecule has 2 fully saturated rings. The minimum atomic E-state index is -3.57. The first kappa shape index (κ1) is 25.1. The van der Waals surface area contributed by atoms with Crippen LogP contribution in [0.1, 0.15) is 61.9 Å². The van der Waals surface area contributed by atoms with Crippen LogP contribution in [0.4, 0.5) is 5.69 Å². The molecule has 186 valence electrons. The van der Waals surface area contributed by atoms with Gasteiger partial charge in [0.05, 0.1) is 10.3 Å². The van der Waals surface area contributed by atoms with Crippen LogP contribution in [-0.2, 0) is 25.0 Å². The number of hydrogen-bond donors (Lipinski definition) is 2. The van der Waals surface area contributed by atoms with Crippen molar-refractivity contribution in [2.75, 3.05) is 18.4 Å². The number of rotatable bonds is 6. The molecule has 2 aliphatic heterocycles. The summed E-state index contributed by atoms with van der Waals surface area (Å²) in [7, 11) is -3.57. The third kappa shape index (κ3) is 5.01. The number of nitrogens with zero attached hydrogens (tertiary/aromatic N) is 1. The molecule has 0 bridgehead atoms. The summed E-state index contributed by atoms with van der Waals surface area (Å²) < 4.78 is 27.3. The average molecular weight is 498 g/mol. The summed E-state index contributed by atoms with van der Waals surface area (Å²) in [5.41, 5.74) is 0.932. The Morgan fingerprint density at radius 1 is 1.06 bits per heavy atom. The van der Waals surface area contributed by atoms with Crippen molar-refractivity contribution in [3.8, 4) is 0 Å². The molecule has 2 aromatic rings. The molecular formula is C26H31N3O5S. The highest BCUT2D eigenvalue weighted by atomic mass is 32.2. The molecule has 0 aromatic heterocycles. The lowest BCUT2D eigenvalue weighted by Crippen LogP contribution is -2.51. The molecule has 2 aliphatic rings. The number of anilines is 1. The van der Waals surface area contributed by atoms with Gasteiger partial charge in [0.15, 0.2) is 0 Å². The fourth-order valence-electron chi connectivity index (χ4n) is 4.79. The molecule has 0 saturated carbocycles. The van der Waals surface area contributed by atoms with Gasteiger partial charge in [-0.05, 0) is 73.6 Å². The molecule has 0 aliphatic carbocycles. The Hall–Kier alpha value is -3.04. The molecule has 9 heteroatoms. The third-order valence-electron chi connectivity index (χ3n) is 7.26. The fourth-order valence-corrected chi connectivity index (χ4v) is 6.26. The van der Waals surface area contributed by atoms with Crippen LogP contribution in [0.5, 0.6) is 0 Å². The van der Waals surface area contributed by atoms with E-state index < -0.39 is 15.4 Å². The summed E-state index contributed by atoms with van der Waals surface area (Å²) in [5, 5.41) is 5.24. The highest BCUT2D eigenvalue weighted by Crippen LogP contribution is 2.36. The van der Waals surface area contributed by atoms with E-state index in [1.807, 2.05) is 6.92 Å². The third-order valence-corrected chi connectivity index (χ3v) is 9.18. The molecule has 1 unspecified atom stereocenters. The number of carbonyl (C=O) groups excluding carboxylic acids is 3. The summed E-state index contributed by atoms with van der Waals surface area (Å²) in [6.07, 6.45) is 3.00. The number of piperidine rings is 2. The first-order valence-corrected chi connectivity index (χ1v) is 13.5. The summed E-state index contributed by atoms with van der Waals surface area (Å²) in [5.74, 6) is -0.382. The van der Waals surface area contributed by atoms with E-state index in [9.17, 15) is 22.8 Å². The van der Waals surface area contributed by atoms with Crippen LogP contribution in [-0.4, -0.2) is 43.5 Å². The van der Waals surface area contributed by atoms with Gasteiger partial charge in [-0.15, -0.1) is 0 Å². The van der Waals surface area contributed by atoms with E-state index in [4.69, 9.17) is 0 Å². The number of nitrogens with one attached hydrogen (secondary N) is 2. The Kier molecular flexibility index (Phi) is 7.10. The van der Waals surface area contributed by atoms with E-state index >= 15 is 0 Å². The van der Waals surface area contributed by atoms with Crippen molar-refractivity contribution >= 4 is 33.4 Å². The topological polar surface area (TPSA) is 113 Å². The van der Waals surface area contributed by atoms with Crippen LogP contribution >= 0.6 is 0 Å². The molecule has 0 spiro atoms. The van der Waals surface area contributed by atoms with E-state index in [0.717, 1.165) is 18.4 Å². The molecule has 2 saturated heterocycles. The van der Waals surface area contributed by atoms with Gasteiger partial charge in [0, 0.05) is 30.8 Å². The quantitative estimate of drug-likeness (QED) is 0.594. The monoisotopic (exact) mass is 497 g/mol. The van der Waals surface area contributed by atoms with Crippen LogP contribution < -0.4 is 10.6 Å². The maximum atomic E-state index is 12.9. The van der Waals surface area contributed by atoms with E-state index in [0.29, 0.717) is 49.5 Å². The molecule has 1 atom stereocenters. The van der Waals surface area contributed by atoms with Crippen LogP contribution in [0, 0.1) is 5.92 Å². The van der Waals surface area contributed by atoms with Crippen LogP contribution in [0.15, 0.2) is 53.4 Å². The van der Waals surface area contributed by atoms with E-state index in [1.165, 1.54) is 28.6 Å². The Morgan fingerprint density at radius 3 is 2.26 bits per heavy atom. The summed E-state index contributed by atoms with van der Waals surface area (Å²) in [4.78, 5) is 37.1. The number of hydrogen-bond acceptors (Lipinski definition) is 5. The number of imide groups is 1. The normalized spacial score (nSPS) is 22.0. The molecule has 3 amide bonds. The Balaban J connectivity index is 1.44. The van der Waals surface area contributed by atoms with Gasteiger partial charge in [-0.3, -0.25) is 19.7 Å². The Bertz CT molecular complexity index is 1220. The van der Waals surface area contributed by atoms with Crippen molar-refractivity contribution < 1.29 is 22.8 Å². The predicted molar refractivity (Wildman–Crippen MR) is 132 cm³/mol. The van der Waals surface area contributed by atoms with E-state index in [2.05, 4.69) is 17.6 Å². The van der Waals surface area contributed by atoms with Crippen LogP contribution in [0.2, 0.25) is 0 Å². The smallest absolute Gasteiger partial charge is 0.255 e. The second kappa shape index (κ2) is 9.91. The minimum absolute atomic E-state index is 0.182. The number of sulfonamides is 1. The molecule has 0 radical (unpaired) electrons. The van der Waals surface area contributed by atoms with Gasteiger partial charge in [0.1, 0.15) is 0 Å². The highest BCUT2D eigenvalue weighted by molar-refractivity contribution is 7.89. The van der Waals surface area contributed by atoms with Gasteiger partial charge in [-0.1, -0.05) is 26.0 Å². The van der Waals surface area contributed by atoms with Gasteiger partial charge in [-0.25, -0.2) is 8.42 Å². The van der Waals surface area contributed by atoms with Crippen molar-refractivity contribution in [2.24, 2.45) is 5.92 Å². The van der Waals surface area contributed by atoms with Gasteiger partial charge >= 0.3 is 0 Å². The number of amides is 3. The first-order valence-electron chi connectivity index (χ1n) is 12.0. The van der Waals surface area contributed by atoms with Crippen molar-refractivity contribution in [1.82, 2.24) is 9.62 Å². The van der Waals surface area contributed by atoms with Gasteiger partial charge in [-0.2, -0.15) is 4.31 Å². The predicted octanol–water partition coefficient (Wildman–Crippen LogP) is 3.44. The van der Waals surface area contributed by atoms with Gasteiger partial charge in [0.2, 0.25) is 21.8 Å². The lowest BCUT2D eigenvalue weighted by molar-refractivity contribution is -0.138. The summed E-state index contributed by atoms with van der Waals surface area (Å²) in [6, 6.07) is 13.0. The van der Waals surface area contributed by atoms with E-state index in [-0.39, 0.29) is 22.6 Å². The molecule has 2 heterocycles. The Morgan fingerprint density at radius 2 is 1.69 bits per heavy atom. The van der Waals surface area contributed by atoms with Crippen molar-refractivity contribution in [3.63, 3.8) is 0 Å². The highest BCUT2D eigenvalue weighted by Gasteiger charge is 2.42. The molecule has 2 aromatic carbocycles. The number of benzene rings is 2. The van der Waals surface area contributed by atoms with Crippen molar-refractivity contribution in [1.29, 1.82) is 0 Å². The van der Waals surface area contributed by atoms with Crippen molar-refractivity contribution in [3.05, 3.63) is 59.7 Å². The minimum Gasteiger partial charge on any atom is -0.322 e. The maximum Gasteiger partial charge on any atom is 0.255 e. The molecule has 35 heavy (non-hydrogen) atoms. The van der Waals surface area contributed by atoms with Crippen LogP contribution in [0.25, 0.3) is 0 Å². The molecule has 2 N–H and O–H groups in total. The van der Waals surface area contributed by atoms with E-state index in [1.54, 1.807) is 24.3 Å². The largest absolute Gasteiger partial charge is 0.322 e. The molecular weight excluding hydrogens is 466 g/mol. The van der Waals surface area contributed by atoms with Crippen molar-refractivity contribution in [2.45, 2.75) is 56.3 Å². The van der Waals surface area contributed by atoms with Crippen LogP contribution in [0.3, 0.4) is 0 Å². The molecule has 4 rings (SSSR count). The summed E-state index contributed by atoms with van der Waals surface area (Å²) >= 11 is 0. The zero-order valence-electron chi connectivity index (χ0n) is 20.0. The lowest BCUT2D eigenvalue weighted by Gasteiger charge is -2.35. The standard InChI is InChI=1S/C26H31N3O5S/c1-3-26(15-12-23(30)28-25(26)32)20-6-8-21(9-7-20)27-24(31)19-4-10-22(11-5-19)35(33,34)29-16-13-18(2)14-17-29/h4-11,18H,3,12-17H2,1-2H3,(H,27,31)(H,28,30,32). The summed E-state index contributed by atoms with van der Waals surface area (Å²) in [6.45, 7) is 5.07. The molecule has 8 nitrogen and oxygen atoms in total. The average Bonchev–Trinajstić information content (AvgIpc) is 2.85. The SMILES string of the molecule is CCC1(c2ccc(NC(=O)c3ccc(S(=O)(=O)N4CCC(C)CC4)cc3)cc2)CCC(=O)NC1=O. The number of carbonyl (C=O) groups is 3. The Labute approximate surface area is 206 Å². The van der Waals surface area contributed by atoms with Gasteiger partial charge < -0.3 is 5.32 Å². The lowest BCUT2D eigenvalue weighted by atomic mass is 9.72.